The van der Waals surface area contributed by atoms with Gasteiger partial charge in [0.15, 0.2) is 23.0 Å². The Hall–Kier alpha value is -2.77. The van der Waals surface area contributed by atoms with Gasteiger partial charge in [0.25, 0.3) is 5.91 Å². The average molecular weight is 343 g/mol. The third-order valence-electron chi connectivity index (χ3n) is 4.63. The van der Waals surface area contributed by atoms with Crippen LogP contribution in [-0.4, -0.2) is 40.2 Å². The van der Waals surface area contributed by atoms with Crippen LogP contribution in [0.1, 0.15) is 42.6 Å². The topological polar surface area (TPSA) is 104 Å². The van der Waals surface area contributed by atoms with Crippen LogP contribution < -0.4 is 20.5 Å². The molecule has 132 valence electrons. The summed E-state index contributed by atoms with van der Waals surface area (Å²) in [5, 5.41) is 11.0. The summed E-state index contributed by atoms with van der Waals surface area (Å²) in [5.41, 5.74) is 6.95. The van der Waals surface area contributed by atoms with Gasteiger partial charge in [0.05, 0.1) is 5.69 Å². The summed E-state index contributed by atoms with van der Waals surface area (Å²) < 4.78 is 12.5. The van der Waals surface area contributed by atoms with Crippen LogP contribution in [0.5, 0.6) is 11.5 Å². The molecule has 8 nitrogen and oxygen atoms in total. The number of amides is 1. The van der Waals surface area contributed by atoms with E-state index in [4.69, 9.17) is 15.2 Å². The van der Waals surface area contributed by atoms with Crippen molar-refractivity contribution >= 4 is 11.7 Å². The van der Waals surface area contributed by atoms with Crippen molar-refractivity contribution in [3.8, 4) is 17.2 Å². The lowest BCUT2D eigenvalue weighted by atomic mass is 9.95. The Kier molecular flexibility index (Phi) is 4.17. The SMILES string of the molecule is Nc1c(C(=O)NC2CCCCC2)nnn1-c1ccc2c(c1)OCCO2. The van der Waals surface area contributed by atoms with Gasteiger partial charge in [-0.15, -0.1) is 5.10 Å². The second kappa shape index (κ2) is 6.62. The summed E-state index contributed by atoms with van der Waals surface area (Å²) in [4.78, 5) is 12.5. The van der Waals surface area contributed by atoms with Crippen LogP contribution in [0, 0.1) is 0 Å². The number of rotatable bonds is 3. The van der Waals surface area contributed by atoms with Crippen molar-refractivity contribution < 1.29 is 14.3 Å². The molecular weight excluding hydrogens is 322 g/mol. The standard InChI is InChI=1S/C17H21N5O3/c18-16-15(17(23)19-11-4-2-1-3-5-11)20-21-22(16)12-6-7-13-14(10-12)25-9-8-24-13/h6-7,10-11H,1-5,8-9,18H2,(H,19,23). The number of carbonyl (C=O) groups excluding carboxylic acids is 1. The predicted molar refractivity (Wildman–Crippen MR) is 91.1 cm³/mol. The van der Waals surface area contributed by atoms with Crippen LogP contribution in [-0.2, 0) is 0 Å². The highest BCUT2D eigenvalue weighted by molar-refractivity contribution is 5.96. The van der Waals surface area contributed by atoms with E-state index < -0.39 is 0 Å². The maximum absolute atomic E-state index is 12.5. The largest absolute Gasteiger partial charge is 0.486 e. The highest BCUT2D eigenvalue weighted by Gasteiger charge is 2.23. The quantitative estimate of drug-likeness (QED) is 0.879. The van der Waals surface area contributed by atoms with Gasteiger partial charge < -0.3 is 20.5 Å². The summed E-state index contributed by atoms with van der Waals surface area (Å²) in [7, 11) is 0. The van der Waals surface area contributed by atoms with Gasteiger partial charge in [-0.3, -0.25) is 4.79 Å². The van der Waals surface area contributed by atoms with E-state index in [9.17, 15) is 4.79 Å². The van der Waals surface area contributed by atoms with Crippen molar-refractivity contribution in [2.24, 2.45) is 0 Å². The molecule has 1 saturated carbocycles. The fourth-order valence-corrected chi connectivity index (χ4v) is 3.31. The predicted octanol–water partition coefficient (Wildman–Crippen LogP) is 1.68. The van der Waals surface area contributed by atoms with Gasteiger partial charge in [-0.25, -0.2) is 0 Å². The average Bonchev–Trinajstić information content (AvgIpc) is 3.04. The molecule has 0 unspecified atom stereocenters. The summed E-state index contributed by atoms with van der Waals surface area (Å²) in [5.74, 6) is 1.26. The van der Waals surface area contributed by atoms with E-state index in [-0.39, 0.29) is 23.5 Å². The summed E-state index contributed by atoms with van der Waals surface area (Å²) in [6, 6.07) is 5.58. The molecule has 8 heteroatoms. The molecule has 1 amide bonds. The van der Waals surface area contributed by atoms with Crippen LogP contribution in [0.25, 0.3) is 5.69 Å². The number of anilines is 1. The number of benzene rings is 1. The lowest BCUT2D eigenvalue weighted by Gasteiger charge is -2.22. The number of hydrogen-bond acceptors (Lipinski definition) is 6. The minimum absolute atomic E-state index is 0.153. The molecule has 2 heterocycles. The second-order valence-corrected chi connectivity index (χ2v) is 6.37. The van der Waals surface area contributed by atoms with Crippen molar-refractivity contribution in [1.82, 2.24) is 20.3 Å². The third-order valence-corrected chi connectivity index (χ3v) is 4.63. The highest BCUT2D eigenvalue weighted by Crippen LogP contribution is 2.32. The van der Waals surface area contributed by atoms with Crippen LogP contribution >= 0.6 is 0 Å². The number of nitrogens with one attached hydrogen (secondary N) is 1. The van der Waals surface area contributed by atoms with Gasteiger partial charge in [-0.1, -0.05) is 24.5 Å². The number of aromatic nitrogens is 3. The van der Waals surface area contributed by atoms with Crippen molar-refractivity contribution in [2.45, 2.75) is 38.1 Å². The molecule has 2 aliphatic rings. The van der Waals surface area contributed by atoms with Gasteiger partial charge in [0, 0.05) is 12.1 Å². The van der Waals surface area contributed by atoms with E-state index in [0.717, 1.165) is 25.7 Å². The van der Waals surface area contributed by atoms with E-state index >= 15 is 0 Å². The third kappa shape index (κ3) is 3.11. The fourth-order valence-electron chi connectivity index (χ4n) is 3.31. The molecule has 2 aromatic rings. The number of nitrogens with two attached hydrogens (primary N) is 1. The maximum atomic E-state index is 12.5. The number of hydrogen-bond donors (Lipinski definition) is 2. The van der Waals surface area contributed by atoms with E-state index in [1.54, 1.807) is 18.2 Å². The molecule has 1 aromatic heterocycles. The normalized spacial score (nSPS) is 17.3. The first-order valence-electron chi connectivity index (χ1n) is 8.64. The van der Waals surface area contributed by atoms with Gasteiger partial charge in [-0.2, -0.15) is 4.68 Å². The Morgan fingerprint density at radius 1 is 1.16 bits per heavy atom. The Labute approximate surface area is 145 Å². The number of nitrogens with zero attached hydrogens (tertiary/aromatic N) is 3. The molecule has 0 radical (unpaired) electrons. The van der Waals surface area contributed by atoms with Gasteiger partial charge in [0.1, 0.15) is 13.2 Å². The molecule has 0 saturated heterocycles. The lowest BCUT2D eigenvalue weighted by Crippen LogP contribution is -2.36. The molecule has 0 bridgehead atoms. The molecule has 4 rings (SSSR count). The first-order chi connectivity index (χ1) is 12.2. The molecule has 0 atom stereocenters. The van der Waals surface area contributed by atoms with Crippen LogP contribution in [0.2, 0.25) is 0 Å². The number of nitrogen functional groups attached to an aromatic ring is 1. The van der Waals surface area contributed by atoms with Crippen LogP contribution in [0.15, 0.2) is 18.2 Å². The molecule has 1 fully saturated rings. The Balaban J connectivity index is 1.55. The highest BCUT2D eigenvalue weighted by atomic mass is 16.6. The monoisotopic (exact) mass is 343 g/mol. The molecular formula is C17H21N5O3. The smallest absolute Gasteiger partial charge is 0.275 e. The molecule has 1 aliphatic carbocycles. The molecule has 0 spiro atoms. The van der Waals surface area contributed by atoms with Crippen molar-refractivity contribution in [2.75, 3.05) is 18.9 Å². The van der Waals surface area contributed by atoms with Crippen molar-refractivity contribution in [3.63, 3.8) is 0 Å². The second-order valence-electron chi connectivity index (χ2n) is 6.37. The molecule has 1 aromatic carbocycles. The first-order valence-corrected chi connectivity index (χ1v) is 8.64. The zero-order valence-electron chi connectivity index (χ0n) is 13.9. The van der Waals surface area contributed by atoms with E-state index in [0.29, 0.717) is 30.4 Å². The minimum Gasteiger partial charge on any atom is -0.486 e. The van der Waals surface area contributed by atoms with Crippen LogP contribution in [0.3, 0.4) is 0 Å². The van der Waals surface area contributed by atoms with Crippen molar-refractivity contribution in [3.05, 3.63) is 23.9 Å². The number of carbonyl (C=O) groups is 1. The molecule has 1 aliphatic heterocycles. The van der Waals surface area contributed by atoms with E-state index in [1.165, 1.54) is 11.1 Å². The maximum Gasteiger partial charge on any atom is 0.275 e. The minimum atomic E-state index is -0.270. The molecule has 3 N–H and O–H groups in total. The Morgan fingerprint density at radius 2 is 1.92 bits per heavy atom. The van der Waals surface area contributed by atoms with Gasteiger partial charge >= 0.3 is 0 Å². The number of ether oxygens (including phenoxy) is 2. The van der Waals surface area contributed by atoms with Gasteiger partial charge in [-0.05, 0) is 25.0 Å². The zero-order valence-corrected chi connectivity index (χ0v) is 13.9. The summed E-state index contributed by atoms with van der Waals surface area (Å²) in [6.07, 6.45) is 5.52. The lowest BCUT2D eigenvalue weighted by molar-refractivity contribution is 0.0923. The first kappa shape index (κ1) is 15.7. The molecule has 25 heavy (non-hydrogen) atoms. The summed E-state index contributed by atoms with van der Waals surface area (Å²) >= 11 is 0. The summed E-state index contributed by atoms with van der Waals surface area (Å²) in [6.45, 7) is 1.03. The van der Waals surface area contributed by atoms with Crippen LogP contribution in [0.4, 0.5) is 5.82 Å². The Bertz CT molecular complexity index is 783. The Morgan fingerprint density at radius 3 is 2.72 bits per heavy atom. The van der Waals surface area contributed by atoms with Crippen molar-refractivity contribution in [1.29, 1.82) is 0 Å². The number of fused-ring (bicyclic) bond motifs is 1. The van der Waals surface area contributed by atoms with Gasteiger partial charge in [0.2, 0.25) is 0 Å². The van der Waals surface area contributed by atoms with E-state index in [1.807, 2.05) is 0 Å². The van der Waals surface area contributed by atoms with E-state index in [2.05, 4.69) is 15.6 Å². The zero-order chi connectivity index (χ0) is 17.2. The fraction of sp³-hybridized carbons (Fsp3) is 0.471.